The number of aliphatic hydroxyl groups is 1. The molecule has 0 aliphatic heterocycles. The van der Waals surface area contributed by atoms with Gasteiger partial charge in [-0.3, -0.25) is 9.59 Å². The van der Waals surface area contributed by atoms with E-state index >= 15 is 0 Å². The number of benzene rings is 1. The molecule has 2 aromatic rings. The van der Waals surface area contributed by atoms with Crippen molar-refractivity contribution in [2.24, 2.45) is 0 Å². The molecule has 1 aliphatic rings. The highest BCUT2D eigenvalue weighted by molar-refractivity contribution is 6.21. The summed E-state index contributed by atoms with van der Waals surface area (Å²) in [6.45, 7) is 2.50. The quantitative estimate of drug-likeness (QED) is 0.371. The zero-order chi connectivity index (χ0) is 22.4. The molecule has 1 aromatic heterocycles. The molecule has 0 saturated carbocycles. The maximum absolute atomic E-state index is 12.5. The van der Waals surface area contributed by atoms with Gasteiger partial charge in [-0.25, -0.2) is 9.97 Å². The zero-order valence-corrected chi connectivity index (χ0v) is 17.5. The second-order valence-corrected chi connectivity index (χ2v) is 6.78. The maximum Gasteiger partial charge on any atom is 0.204 e. The molecule has 31 heavy (non-hydrogen) atoms. The summed E-state index contributed by atoms with van der Waals surface area (Å²) in [4.78, 5) is 33.3. The van der Waals surface area contributed by atoms with Crippen LogP contribution in [0, 0.1) is 0 Å². The molecular formula is C21H24N4O6. The third-order valence-electron chi connectivity index (χ3n) is 4.39. The number of allylic oxidation sites excluding steroid dienone is 2. The van der Waals surface area contributed by atoms with E-state index in [1.807, 2.05) is 0 Å². The van der Waals surface area contributed by atoms with Crippen molar-refractivity contribution in [3.8, 4) is 11.5 Å². The number of carbonyl (C=O) groups excluding carboxylic acids is 2. The van der Waals surface area contributed by atoms with Gasteiger partial charge in [0.15, 0.2) is 11.5 Å². The van der Waals surface area contributed by atoms with E-state index in [0.717, 1.165) is 0 Å². The lowest BCUT2D eigenvalue weighted by Crippen LogP contribution is -2.31. The largest absolute Gasteiger partial charge is 0.493 e. The lowest BCUT2D eigenvalue weighted by molar-refractivity contribution is -0.115. The number of rotatable bonds is 10. The normalized spacial score (nSPS) is 14.7. The Hall–Kier alpha value is -3.50. The molecule has 1 aromatic carbocycles. The Balaban J connectivity index is 1.86. The number of hydrogen-bond donors (Lipinski definition) is 3. The van der Waals surface area contributed by atoms with E-state index in [1.54, 1.807) is 26.2 Å². The van der Waals surface area contributed by atoms with Crippen LogP contribution < -0.4 is 20.1 Å². The van der Waals surface area contributed by atoms with Crippen LogP contribution in [0.15, 0.2) is 42.0 Å². The van der Waals surface area contributed by atoms with Gasteiger partial charge in [0.25, 0.3) is 0 Å². The van der Waals surface area contributed by atoms with Crippen LogP contribution in [0.25, 0.3) is 10.9 Å². The van der Waals surface area contributed by atoms with Crippen LogP contribution in [0.2, 0.25) is 0 Å². The summed E-state index contributed by atoms with van der Waals surface area (Å²) < 4.78 is 16.1. The molecule has 0 saturated heterocycles. The van der Waals surface area contributed by atoms with Gasteiger partial charge in [0.2, 0.25) is 11.6 Å². The van der Waals surface area contributed by atoms with Gasteiger partial charge in [-0.1, -0.05) is 0 Å². The maximum atomic E-state index is 12.5. The number of ether oxygens (including phenoxy) is 3. The SMILES string of the molecule is COCCOc1cc2ncnc(NC3=CC(=O)C(NCC(C)O)=CC3=O)c2cc1OC. The van der Waals surface area contributed by atoms with Gasteiger partial charge in [-0.15, -0.1) is 0 Å². The minimum absolute atomic E-state index is 0.0759. The van der Waals surface area contributed by atoms with Gasteiger partial charge in [0.1, 0.15) is 18.8 Å². The molecule has 3 rings (SSSR count). The Bertz CT molecular complexity index is 1050. The topological polar surface area (TPSA) is 132 Å². The third kappa shape index (κ3) is 5.36. The molecular weight excluding hydrogens is 404 g/mol. The highest BCUT2D eigenvalue weighted by atomic mass is 16.5. The van der Waals surface area contributed by atoms with Crippen molar-refractivity contribution in [2.75, 3.05) is 39.3 Å². The molecule has 0 amide bonds. The molecule has 0 bridgehead atoms. The fourth-order valence-corrected chi connectivity index (χ4v) is 2.85. The van der Waals surface area contributed by atoms with Gasteiger partial charge in [0.05, 0.1) is 36.7 Å². The molecule has 0 fully saturated rings. The fraction of sp³-hybridized carbons (Fsp3) is 0.333. The predicted octanol–water partition coefficient (Wildman–Crippen LogP) is 0.966. The van der Waals surface area contributed by atoms with Crippen LogP contribution in [-0.4, -0.2) is 66.7 Å². The highest BCUT2D eigenvalue weighted by Gasteiger charge is 2.22. The van der Waals surface area contributed by atoms with E-state index in [9.17, 15) is 14.7 Å². The van der Waals surface area contributed by atoms with Crippen LogP contribution in [-0.2, 0) is 14.3 Å². The molecule has 1 atom stereocenters. The Morgan fingerprint density at radius 1 is 1.03 bits per heavy atom. The Kier molecular flexibility index (Phi) is 7.16. The first kappa shape index (κ1) is 22.2. The Labute approximate surface area is 178 Å². The van der Waals surface area contributed by atoms with E-state index in [1.165, 1.54) is 25.6 Å². The average Bonchev–Trinajstić information content (AvgIpc) is 2.74. The van der Waals surface area contributed by atoms with Crippen LogP contribution >= 0.6 is 0 Å². The van der Waals surface area contributed by atoms with Crippen molar-refractivity contribution in [1.82, 2.24) is 15.3 Å². The lowest BCUT2D eigenvalue weighted by Gasteiger charge is -2.17. The third-order valence-corrected chi connectivity index (χ3v) is 4.39. The summed E-state index contributed by atoms with van der Waals surface area (Å²) >= 11 is 0. The number of hydrogen-bond acceptors (Lipinski definition) is 10. The molecule has 164 valence electrons. The molecule has 0 radical (unpaired) electrons. The Morgan fingerprint density at radius 3 is 2.48 bits per heavy atom. The summed E-state index contributed by atoms with van der Waals surface area (Å²) in [6.07, 6.45) is 3.08. The number of fused-ring (bicyclic) bond motifs is 1. The first-order chi connectivity index (χ1) is 14.9. The molecule has 1 unspecified atom stereocenters. The number of aromatic nitrogens is 2. The Morgan fingerprint density at radius 2 is 1.77 bits per heavy atom. The zero-order valence-electron chi connectivity index (χ0n) is 17.5. The van der Waals surface area contributed by atoms with Crippen molar-refractivity contribution in [3.63, 3.8) is 0 Å². The first-order valence-corrected chi connectivity index (χ1v) is 9.58. The number of aliphatic hydroxyl groups excluding tert-OH is 1. The van der Waals surface area contributed by atoms with Gasteiger partial charge < -0.3 is 30.0 Å². The van der Waals surface area contributed by atoms with Crippen LogP contribution in [0.4, 0.5) is 5.82 Å². The van der Waals surface area contributed by atoms with Crippen LogP contribution in [0.1, 0.15) is 6.92 Å². The van der Waals surface area contributed by atoms with Crippen LogP contribution in [0.3, 0.4) is 0 Å². The minimum atomic E-state index is -0.655. The molecule has 10 nitrogen and oxygen atoms in total. The summed E-state index contributed by atoms with van der Waals surface area (Å²) in [5.41, 5.74) is 0.770. The van der Waals surface area contributed by atoms with E-state index in [-0.39, 0.29) is 23.7 Å². The van der Waals surface area contributed by atoms with E-state index in [2.05, 4.69) is 20.6 Å². The number of nitrogens with one attached hydrogen (secondary N) is 2. The molecule has 0 spiro atoms. The van der Waals surface area contributed by atoms with Gasteiger partial charge in [0, 0.05) is 37.3 Å². The first-order valence-electron chi connectivity index (χ1n) is 9.58. The van der Waals surface area contributed by atoms with Gasteiger partial charge in [-0.2, -0.15) is 0 Å². The number of carbonyl (C=O) groups is 2. The van der Waals surface area contributed by atoms with Crippen molar-refractivity contribution in [1.29, 1.82) is 0 Å². The van der Waals surface area contributed by atoms with E-state index in [0.29, 0.717) is 41.4 Å². The van der Waals surface area contributed by atoms with Crippen LogP contribution in [0.5, 0.6) is 11.5 Å². The summed E-state index contributed by atoms with van der Waals surface area (Å²) in [5, 5.41) is 15.6. The van der Waals surface area contributed by atoms with Crippen molar-refractivity contribution >= 4 is 28.3 Å². The fourth-order valence-electron chi connectivity index (χ4n) is 2.85. The number of anilines is 1. The minimum Gasteiger partial charge on any atom is -0.493 e. The second-order valence-electron chi connectivity index (χ2n) is 6.78. The number of methoxy groups -OCH3 is 2. The monoisotopic (exact) mass is 428 g/mol. The average molecular weight is 428 g/mol. The second kappa shape index (κ2) is 10.0. The highest BCUT2D eigenvalue weighted by Crippen LogP contribution is 2.34. The summed E-state index contributed by atoms with van der Waals surface area (Å²) in [5.74, 6) is 0.522. The number of ketones is 2. The van der Waals surface area contributed by atoms with E-state index < -0.39 is 11.9 Å². The van der Waals surface area contributed by atoms with Gasteiger partial charge in [-0.05, 0) is 13.0 Å². The smallest absolute Gasteiger partial charge is 0.204 e. The van der Waals surface area contributed by atoms with Gasteiger partial charge >= 0.3 is 0 Å². The molecule has 3 N–H and O–H groups in total. The van der Waals surface area contributed by atoms with Crippen molar-refractivity contribution in [2.45, 2.75) is 13.0 Å². The molecule has 10 heteroatoms. The summed E-state index contributed by atoms with van der Waals surface area (Å²) in [6, 6.07) is 3.40. The summed E-state index contributed by atoms with van der Waals surface area (Å²) in [7, 11) is 3.10. The lowest BCUT2D eigenvalue weighted by atomic mass is 10.1. The van der Waals surface area contributed by atoms with Crippen molar-refractivity contribution < 1.29 is 28.9 Å². The molecule has 1 heterocycles. The van der Waals surface area contributed by atoms with Crippen molar-refractivity contribution in [3.05, 3.63) is 42.0 Å². The predicted molar refractivity (Wildman–Crippen MR) is 113 cm³/mol. The molecule has 1 aliphatic carbocycles. The van der Waals surface area contributed by atoms with E-state index in [4.69, 9.17) is 14.2 Å². The standard InChI is InChI=1S/C21H24N4O6/c1-12(26)10-22-15-7-18(28)16(8-17(15)27)25-21-13-6-19(30-3)20(31-5-4-29-2)9-14(13)23-11-24-21/h6-9,11-12,22,26H,4-5,10H2,1-3H3,(H,23,24,25). The number of nitrogens with zero attached hydrogens (tertiary/aromatic N) is 2.